The zero-order chi connectivity index (χ0) is 17.9. The van der Waals surface area contributed by atoms with Gasteiger partial charge in [0.2, 0.25) is 5.91 Å². The molecule has 0 unspecified atom stereocenters. The van der Waals surface area contributed by atoms with Crippen LogP contribution in [0.2, 0.25) is 0 Å². The Morgan fingerprint density at radius 3 is 2.46 bits per heavy atom. The van der Waals surface area contributed by atoms with Crippen LogP contribution in [-0.2, 0) is 25.7 Å². The maximum Gasteiger partial charge on any atom is 0.330 e. The summed E-state index contributed by atoms with van der Waals surface area (Å²) in [5.41, 5.74) is 5.03. The van der Waals surface area contributed by atoms with E-state index in [-0.39, 0.29) is 18.6 Å². The molecule has 0 saturated heterocycles. The zero-order valence-corrected chi connectivity index (χ0v) is 14.8. The van der Waals surface area contributed by atoms with E-state index in [1.807, 2.05) is 30.3 Å². The van der Waals surface area contributed by atoms with E-state index in [2.05, 4.69) is 24.9 Å². The van der Waals surface area contributed by atoms with Crippen LogP contribution in [0.15, 0.2) is 30.3 Å². The Kier molecular flexibility index (Phi) is 9.04. The summed E-state index contributed by atoms with van der Waals surface area (Å²) < 4.78 is 10.3. The maximum absolute atomic E-state index is 12.0. The Morgan fingerprint density at radius 2 is 1.88 bits per heavy atom. The Hall–Kier alpha value is -1.92. The molecule has 1 rings (SSSR count). The van der Waals surface area contributed by atoms with E-state index >= 15 is 0 Å². The summed E-state index contributed by atoms with van der Waals surface area (Å²) in [4.78, 5) is 23.8. The third kappa shape index (κ3) is 7.57. The number of hydrogen-bond donors (Lipinski definition) is 2. The Morgan fingerprint density at radius 1 is 1.21 bits per heavy atom. The van der Waals surface area contributed by atoms with Crippen molar-refractivity contribution in [2.24, 2.45) is 5.92 Å². The molecule has 1 amide bonds. The molecule has 134 valence electrons. The van der Waals surface area contributed by atoms with Crippen molar-refractivity contribution in [2.75, 3.05) is 13.7 Å². The second-order valence-corrected chi connectivity index (χ2v) is 6.19. The largest absolute Gasteiger partial charge is 0.467 e. The summed E-state index contributed by atoms with van der Waals surface area (Å²) in [7, 11) is 1.30. The van der Waals surface area contributed by atoms with Gasteiger partial charge in [-0.05, 0) is 5.56 Å². The molecule has 24 heavy (non-hydrogen) atoms. The summed E-state index contributed by atoms with van der Waals surface area (Å²) in [6, 6.07) is 9.05. The minimum atomic E-state index is -0.798. The summed E-state index contributed by atoms with van der Waals surface area (Å²) >= 11 is 0. The van der Waals surface area contributed by atoms with Crippen molar-refractivity contribution >= 4 is 11.9 Å². The Bertz CT molecular complexity index is 505. The molecule has 0 spiro atoms. The van der Waals surface area contributed by atoms with Crippen LogP contribution < -0.4 is 11.1 Å². The first-order valence-electron chi connectivity index (χ1n) is 8.26. The number of carbonyl (C=O) groups excluding carboxylic acids is 2. The van der Waals surface area contributed by atoms with Crippen LogP contribution in [0, 0.1) is 5.92 Å². The minimum Gasteiger partial charge on any atom is -0.467 e. The number of benzene rings is 1. The quantitative estimate of drug-likeness (QED) is 0.621. The van der Waals surface area contributed by atoms with Crippen molar-refractivity contribution in [3.63, 3.8) is 0 Å². The number of carbonyl (C=O) groups is 2. The van der Waals surface area contributed by atoms with Crippen molar-refractivity contribution in [3.8, 4) is 0 Å². The minimum absolute atomic E-state index is 0.0747. The SMILES string of the molecule is COC(=O)[C@H](COCc1ccccc1)NC(=O)CC[C@H]([NH3+])C(C)C. The van der Waals surface area contributed by atoms with Gasteiger partial charge >= 0.3 is 5.97 Å². The monoisotopic (exact) mass is 337 g/mol. The highest BCUT2D eigenvalue weighted by Gasteiger charge is 2.22. The molecule has 0 aliphatic heterocycles. The molecule has 0 aromatic heterocycles. The van der Waals surface area contributed by atoms with Crippen LogP contribution >= 0.6 is 0 Å². The summed E-state index contributed by atoms with van der Waals surface area (Å²) in [5.74, 6) is -0.280. The van der Waals surface area contributed by atoms with E-state index < -0.39 is 12.0 Å². The first-order valence-corrected chi connectivity index (χ1v) is 8.26. The second kappa shape index (κ2) is 10.8. The fourth-order valence-electron chi connectivity index (χ4n) is 2.10. The van der Waals surface area contributed by atoms with Gasteiger partial charge in [-0.25, -0.2) is 4.79 Å². The van der Waals surface area contributed by atoms with E-state index in [9.17, 15) is 9.59 Å². The normalized spacial score (nSPS) is 13.4. The van der Waals surface area contributed by atoms with Gasteiger partial charge in [0, 0.05) is 18.8 Å². The van der Waals surface area contributed by atoms with E-state index in [0.29, 0.717) is 25.4 Å². The first-order chi connectivity index (χ1) is 11.4. The molecular weight excluding hydrogens is 308 g/mol. The number of hydrogen-bond acceptors (Lipinski definition) is 4. The fraction of sp³-hybridized carbons (Fsp3) is 0.556. The molecule has 1 aromatic carbocycles. The van der Waals surface area contributed by atoms with Crippen LogP contribution in [0.1, 0.15) is 32.3 Å². The van der Waals surface area contributed by atoms with Crippen LogP contribution in [-0.4, -0.2) is 37.7 Å². The number of ether oxygens (including phenoxy) is 2. The number of nitrogens with one attached hydrogen (secondary N) is 1. The molecule has 0 saturated carbocycles. The number of methoxy groups -OCH3 is 1. The third-order valence-corrected chi connectivity index (χ3v) is 3.90. The van der Waals surface area contributed by atoms with E-state index in [1.54, 1.807) is 0 Å². The first kappa shape index (κ1) is 20.1. The van der Waals surface area contributed by atoms with Crippen LogP contribution in [0.25, 0.3) is 0 Å². The standard InChI is InChI=1S/C18H28N2O4/c1-13(2)15(19)9-10-17(21)20-16(18(22)23-3)12-24-11-14-7-5-4-6-8-14/h4-8,13,15-16H,9-12,19H2,1-3H3,(H,20,21)/p+1/t15-,16-/m0/s1. The van der Waals surface area contributed by atoms with Crippen LogP contribution in [0.3, 0.4) is 0 Å². The van der Waals surface area contributed by atoms with Crippen molar-refractivity contribution in [1.29, 1.82) is 0 Å². The average molecular weight is 337 g/mol. The fourth-order valence-corrected chi connectivity index (χ4v) is 2.10. The highest BCUT2D eigenvalue weighted by atomic mass is 16.5. The molecule has 0 fully saturated rings. The van der Waals surface area contributed by atoms with Crippen molar-refractivity contribution < 1.29 is 24.8 Å². The van der Waals surface area contributed by atoms with Crippen LogP contribution in [0.4, 0.5) is 0 Å². The smallest absolute Gasteiger partial charge is 0.330 e. The molecule has 0 aliphatic carbocycles. The Balaban J connectivity index is 2.44. The van der Waals surface area contributed by atoms with Gasteiger partial charge in [-0.15, -0.1) is 0 Å². The lowest BCUT2D eigenvalue weighted by atomic mass is 10.0. The van der Waals surface area contributed by atoms with Gasteiger partial charge < -0.3 is 20.5 Å². The maximum atomic E-state index is 12.0. The molecule has 6 heteroatoms. The summed E-state index contributed by atoms with van der Waals surface area (Å²) in [6.45, 7) is 4.60. The lowest BCUT2D eigenvalue weighted by Gasteiger charge is -2.17. The molecule has 2 atom stereocenters. The van der Waals surface area contributed by atoms with Crippen LogP contribution in [0.5, 0.6) is 0 Å². The molecule has 0 bridgehead atoms. The van der Waals surface area contributed by atoms with Gasteiger partial charge in [-0.2, -0.15) is 0 Å². The molecule has 6 nitrogen and oxygen atoms in total. The van der Waals surface area contributed by atoms with E-state index in [1.165, 1.54) is 7.11 Å². The van der Waals surface area contributed by atoms with E-state index in [4.69, 9.17) is 9.47 Å². The lowest BCUT2D eigenvalue weighted by Crippen LogP contribution is -2.63. The van der Waals surface area contributed by atoms with Crippen molar-refractivity contribution in [1.82, 2.24) is 5.32 Å². The molecule has 0 aliphatic rings. The average Bonchev–Trinajstić information content (AvgIpc) is 2.58. The van der Waals surface area contributed by atoms with Gasteiger partial charge in [0.05, 0.1) is 26.4 Å². The number of quaternary nitrogens is 1. The zero-order valence-electron chi connectivity index (χ0n) is 14.8. The predicted molar refractivity (Wildman–Crippen MR) is 90.8 cm³/mol. The number of rotatable bonds is 10. The molecular formula is C18H29N2O4+. The second-order valence-electron chi connectivity index (χ2n) is 6.19. The van der Waals surface area contributed by atoms with Crippen molar-refractivity contribution in [3.05, 3.63) is 35.9 Å². The van der Waals surface area contributed by atoms with Crippen molar-refractivity contribution in [2.45, 2.75) is 45.4 Å². The number of esters is 1. The van der Waals surface area contributed by atoms with E-state index in [0.717, 1.165) is 5.56 Å². The summed E-state index contributed by atoms with van der Waals surface area (Å²) in [6.07, 6.45) is 1.01. The van der Waals surface area contributed by atoms with Gasteiger partial charge in [0.1, 0.15) is 0 Å². The van der Waals surface area contributed by atoms with Gasteiger partial charge in [0.15, 0.2) is 6.04 Å². The topological polar surface area (TPSA) is 92.3 Å². The Labute approximate surface area is 143 Å². The third-order valence-electron chi connectivity index (χ3n) is 3.90. The molecule has 4 N–H and O–H groups in total. The molecule has 1 aromatic rings. The van der Waals surface area contributed by atoms with Gasteiger partial charge in [-0.3, -0.25) is 4.79 Å². The van der Waals surface area contributed by atoms with Gasteiger partial charge in [-0.1, -0.05) is 44.2 Å². The lowest BCUT2D eigenvalue weighted by molar-refractivity contribution is -0.432. The summed E-state index contributed by atoms with van der Waals surface area (Å²) in [5, 5.41) is 2.68. The number of amides is 1. The molecule has 0 radical (unpaired) electrons. The predicted octanol–water partition coefficient (Wildman–Crippen LogP) is 0.908. The highest BCUT2D eigenvalue weighted by molar-refractivity contribution is 5.84. The highest BCUT2D eigenvalue weighted by Crippen LogP contribution is 2.05. The van der Waals surface area contributed by atoms with Gasteiger partial charge in [0.25, 0.3) is 0 Å². The molecule has 0 heterocycles.